The van der Waals surface area contributed by atoms with E-state index in [1.54, 1.807) is 12.3 Å². The molecule has 0 fully saturated rings. The molecule has 7 heteroatoms. The molecule has 0 bridgehead atoms. The van der Waals surface area contributed by atoms with Crippen LogP contribution in [0.25, 0.3) is 0 Å². The van der Waals surface area contributed by atoms with Crippen molar-refractivity contribution >= 4 is 29.6 Å². The SMILES string of the molecule is C=C/C=C(\C=C/C)C(CNC)OCc1ccc(N2CCN(C)C(C(C)CC)=C(C=NC(=C)SC)C2=O)cc1. The molecule has 0 radical (unpaired) electrons. The summed E-state index contributed by atoms with van der Waals surface area (Å²) in [5.41, 5.74) is 4.63. The number of amides is 1. The van der Waals surface area contributed by atoms with Crippen LogP contribution in [0.4, 0.5) is 5.69 Å². The van der Waals surface area contributed by atoms with Crippen LogP contribution in [0.2, 0.25) is 0 Å². The highest BCUT2D eigenvalue weighted by atomic mass is 32.2. The van der Waals surface area contributed by atoms with Crippen molar-refractivity contribution in [1.82, 2.24) is 10.2 Å². The van der Waals surface area contributed by atoms with Crippen molar-refractivity contribution in [2.24, 2.45) is 10.9 Å². The highest BCUT2D eigenvalue weighted by molar-refractivity contribution is 8.02. The lowest BCUT2D eigenvalue weighted by Gasteiger charge is -2.26. The average molecular weight is 537 g/mol. The van der Waals surface area contributed by atoms with E-state index >= 15 is 0 Å². The van der Waals surface area contributed by atoms with Gasteiger partial charge in [-0.2, -0.15) is 0 Å². The first-order valence-electron chi connectivity index (χ1n) is 13.2. The third-order valence-electron chi connectivity index (χ3n) is 6.60. The zero-order chi connectivity index (χ0) is 28.1. The summed E-state index contributed by atoms with van der Waals surface area (Å²) in [6, 6.07) is 8.06. The second kappa shape index (κ2) is 16.2. The van der Waals surface area contributed by atoms with Gasteiger partial charge in [-0.05, 0) is 55.8 Å². The molecule has 1 aliphatic rings. The summed E-state index contributed by atoms with van der Waals surface area (Å²) in [4.78, 5) is 22.4. The number of benzene rings is 1. The zero-order valence-electron chi connectivity index (χ0n) is 23.9. The molecular weight excluding hydrogens is 492 g/mol. The third-order valence-corrected chi connectivity index (χ3v) is 7.18. The van der Waals surface area contributed by atoms with Gasteiger partial charge in [-0.15, -0.1) is 11.8 Å². The fraction of sp³-hybridized carbons (Fsp3) is 0.419. The van der Waals surface area contributed by atoms with Gasteiger partial charge in [-0.25, -0.2) is 4.99 Å². The van der Waals surface area contributed by atoms with E-state index in [9.17, 15) is 4.79 Å². The van der Waals surface area contributed by atoms with Crippen LogP contribution >= 0.6 is 11.8 Å². The van der Waals surface area contributed by atoms with E-state index in [-0.39, 0.29) is 17.9 Å². The van der Waals surface area contributed by atoms with Crippen LogP contribution < -0.4 is 10.2 Å². The first-order valence-corrected chi connectivity index (χ1v) is 14.4. The lowest BCUT2D eigenvalue weighted by Crippen LogP contribution is -2.34. The van der Waals surface area contributed by atoms with Crippen molar-refractivity contribution in [3.8, 4) is 0 Å². The zero-order valence-corrected chi connectivity index (χ0v) is 24.7. The first-order chi connectivity index (χ1) is 18.3. The van der Waals surface area contributed by atoms with E-state index < -0.39 is 0 Å². The number of hydrogen-bond acceptors (Lipinski definition) is 6. The largest absolute Gasteiger partial charge is 0.375 e. The second-order valence-corrected chi connectivity index (χ2v) is 10.1. The van der Waals surface area contributed by atoms with E-state index in [0.717, 1.165) is 35.5 Å². The molecular formula is C31H44N4O2S. The molecule has 2 unspecified atom stereocenters. The molecule has 2 atom stereocenters. The summed E-state index contributed by atoms with van der Waals surface area (Å²) in [7, 11) is 3.97. The fourth-order valence-electron chi connectivity index (χ4n) is 4.35. The predicted octanol–water partition coefficient (Wildman–Crippen LogP) is 5.96. The monoisotopic (exact) mass is 536 g/mol. The molecule has 6 nitrogen and oxygen atoms in total. The van der Waals surface area contributed by atoms with Crippen LogP contribution in [0.5, 0.6) is 0 Å². The number of ether oxygens (including phenoxy) is 1. The van der Waals surface area contributed by atoms with Gasteiger partial charge in [0.1, 0.15) is 0 Å². The van der Waals surface area contributed by atoms with Gasteiger partial charge in [0.15, 0.2) is 0 Å². The Morgan fingerprint density at radius 1 is 1.29 bits per heavy atom. The standard InChI is InChI=1S/C31H44N4O2S/c1-9-12-26(13-10-2)29(21-32-6)37-22-25-14-16-27(17-15-25)35-19-18-34(7)30(23(4)11-3)28(31(35)36)20-33-24(5)38-8/h9-10,12-17,20,23,29,32H,1,5,11,18-19,21-22H2,2-4,6-8H3/b13-10-,26-12+,33-20?. The van der Waals surface area contributed by atoms with Crippen LogP contribution in [-0.2, 0) is 16.1 Å². The van der Waals surface area contributed by atoms with Gasteiger partial charge < -0.3 is 19.9 Å². The summed E-state index contributed by atoms with van der Waals surface area (Å²) in [5.74, 6) is 0.200. The molecule has 0 aromatic heterocycles. The summed E-state index contributed by atoms with van der Waals surface area (Å²) in [6.45, 7) is 16.6. The molecule has 1 N–H and O–H groups in total. The Balaban J connectivity index is 2.30. The Morgan fingerprint density at radius 3 is 2.58 bits per heavy atom. The molecule has 1 aromatic rings. The Morgan fingerprint density at radius 2 is 2.00 bits per heavy atom. The fourth-order valence-corrected chi connectivity index (χ4v) is 4.51. The molecule has 38 heavy (non-hydrogen) atoms. The number of carbonyl (C=O) groups is 1. The maximum Gasteiger partial charge on any atom is 0.261 e. The smallest absolute Gasteiger partial charge is 0.261 e. The highest BCUT2D eigenvalue weighted by Crippen LogP contribution is 2.28. The van der Waals surface area contributed by atoms with Crippen molar-refractivity contribution in [3.63, 3.8) is 0 Å². The Bertz CT molecular complexity index is 1070. The van der Waals surface area contributed by atoms with Crippen molar-refractivity contribution in [1.29, 1.82) is 0 Å². The topological polar surface area (TPSA) is 57.2 Å². The van der Waals surface area contributed by atoms with Gasteiger partial charge in [-0.3, -0.25) is 4.79 Å². The molecule has 206 valence electrons. The van der Waals surface area contributed by atoms with Gasteiger partial charge in [0, 0.05) is 44.3 Å². The number of likely N-dealkylation sites (N-methyl/N-ethyl adjacent to an activating group) is 2. The van der Waals surface area contributed by atoms with Gasteiger partial charge in [0.25, 0.3) is 5.91 Å². The van der Waals surface area contributed by atoms with E-state index in [1.165, 1.54) is 11.8 Å². The van der Waals surface area contributed by atoms with Gasteiger partial charge in [-0.1, -0.05) is 63.4 Å². The molecule has 0 aliphatic carbocycles. The summed E-state index contributed by atoms with van der Waals surface area (Å²) in [5, 5.41) is 3.88. The van der Waals surface area contributed by atoms with E-state index in [0.29, 0.717) is 30.3 Å². The summed E-state index contributed by atoms with van der Waals surface area (Å²) in [6.07, 6.45) is 12.3. The molecule has 0 spiro atoms. The number of anilines is 1. The average Bonchev–Trinajstić information content (AvgIpc) is 3.04. The van der Waals surface area contributed by atoms with E-state index in [4.69, 9.17) is 4.74 Å². The van der Waals surface area contributed by atoms with Crippen LogP contribution in [0.3, 0.4) is 0 Å². The Hall–Kier alpha value is -2.87. The van der Waals surface area contributed by atoms with E-state index in [1.807, 2.05) is 67.6 Å². The first kappa shape index (κ1) is 31.3. The lowest BCUT2D eigenvalue weighted by molar-refractivity contribution is -0.114. The van der Waals surface area contributed by atoms with Gasteiger partial charge in [0.05, 0.1) is 23.3 Å². The molecule has 0 saturated carbocycles. The highest BCUT2D eigenvalue weighted by Gasteiger charge is 2.29. The van der Waals surface area contributed by atoms with Crippen LogP contribution in [0.15, 0.2) is 88.6 Å². The maximum absolute atomic E-state index is 13.9. The van der Waals surface area contributed by atoms with Gasteiger partial charge in [0.2, 0.25) is 0 Å². The van der Waals surface area contributed by atoms with Crippen LogP contribution in [0.1, 0.15) is 32.8 Å². The number of rotatable bonds is 14. The normalized spacial score (nSPS) is 16.9. The molecule has 1 aliphatic heterocycles. The van der Waals surface area contributed by atoms with Crippen LogP contribution in [0, 0.1) is 5.92 Å². The minimum atomic E-state index is -0.0985. The lowest BCUT2D eigenvalue weighted by atomic mass is 9.98. The maximum atomic E-state index is 13.9. The number of allylic oxidation sites excluding steroid dienone is 4. The Labute approximate surface area is 233 Å². The number of aliphatic imine (C=N–C) groups is 1. The molecule has 1 amide bonds. The molecule has 1 aromatic carbocycles. The number of hydrogen-bond donors (Lipinski definition) is 1. The molecule has 2 rings (SSSR count). The second-order valence-electron chi connectivity index (χ2n) is 9.27. The molecule has 1 heterocycles. The van der Waals surface area contributed by atoms with Gasteiger partial charge >= 0.3 is 0 Å². The van der Waals surface area contributed by atoms with Crippen molar-refractivity contribution in [2.75, 3.05) is 44.9 Å². The minimum absolute atomic E-state index is 0.0362. The summed E-state index contributed by atoms with van der Waals surface area (Å²) >= 11 is 1.47. The summed E-state index contributed by atoms with van der Waals surface area (Å²) < 4.78 is 6.26. The van der Waals surface area contributed by atoms with Crippen molar-refractivity contribution < 1.29 is 9.53 Å². The third kappa shape index (κ3) is 8.58. The predicted molar refractivity (Wildman–Crippen MR) is 165 cm³/mol. The molecule has 0 saturated heterocycles. The van der Waals surface area contributed by atoms with E-state index in [2.05, 4.69) is 49.3 Å². The number of nitrogens with zero attached hydrogens (tertiary/aromatic N) is 3. The minimum Gasteiger partial charge on any atom is -0.375 e. The number of nitrogens with one attached hydrogen (secondary N) is 1. The number of thioether (sulfide) groups is 1. The van der Waals surface area contributed by atoms with Crippen molar-refractivity contribution in [2.45, 2.75) is 39.9 Å². The Kier molecular flexibility index (Phi) is 13.3. The van der Waals surface area contributed by atoms with Crippen LogP contribution in [-0.4, -0.2) is 63.1 Å². The van der Waals surface area contributed by atoms with Crippen molar-refractivity contribution in [3.05, 3.63) is 89.2 Å². The number of carbonyl (C=O) groups excluding carboxylic acids is 1. The quantitative estimate of drug-likeness (QED) is 0.235.